The second-order valence-electron chi connectivity index (χ2n) is 4.99. The van der Waals surface area contributed by atoms with Crippen LogP contribution in [0.25, 0.3) is 0 Å². The van der Waals surface area contributed by atoms with E-state index in [0.29, 0.717) is 12.5 Å². The van der Waals surface area contributed by atoms with Gasteiger partial charge in [-0.05, 0) is 24.7 Å². The molecule has 0 aliphatic heterocycles. The van der Waals surface area contributed by atoms with Crippen molar-refractivity contribution in [2.24, 2.45) is 11.8 Å². The van der Waals surface area contributed by atoms with Crippen molar-refractivity contribution in [1.82, 2.24) is 0 Å². The van der Waals surface area contributed by atoms with Crippen LogP contribution in [0, 0.1) is 11.8 Å². The summed E-state index contributed by atoms with van der Waals surface area (Å²) in [5, 5.41) is 8.83. The van der Waals surface area contributed by atoms with Gasteiger partial charge in [0.15, 0.2) is 0 Å². The van der Waals surface area contributed by atoms with E-state index in [-0.39, 0.29) is 12.2 Å². The first-order valence-corrected chi connectivity index (χ1v) is 5.85. The van der Waals surface area contributed by atoms with Gasteiger partial charge in [-0.1, -0.05) is 33.6 Å². The van der Waals surface area contributed by atoms with Crippen molar-refractivity contribution in [2.45, 2.75) is 52.1 Å². The van der Waals surface area contributed by atoms with Gasteiger partial charge in [-0.25, -0.2) is 0 Å². The fourth-order valence-corrected chi connectivity index (χ4v) is 2.61. The number of aliphatic hydroxyl groups is 1. The number of hydrogen-bond acceptors (Lipinski definition) is 2. The summed E-state index contributed by atoms with van der Waals surface area (Å²) in [7, 11) is 0. The number of aliphatic hydroxyl groups excluding tert-OH is 1. The molecule has 2 atom stereocenters. The van der Waals surface area contributed by atoms with E-state index in [9.17, 15) is 0 Å². The van der Waals surface area contributed by atoms with Crippen molar-refractivity contribution in [3.63, 3.8) is 0 Å². The molecule has 14 heavy (non-hydrogen) atoms. The van der Waals surface area contributed by atoms with Gasteiger partial charge in [0.1, 0.15) is 0 Å². The van der Waals surface area contributed by atoms with Crippen molar-refractivity contribution >= 4 is 0 Å². The average Bonchev–Trinajstić information content (AvgIpc) is 2.14. The first-order valence-electron chi connectivity index (χ1n) is 5.85. The minimum Gasteiger partial charge on any atom is -0.394 e. The summed E-state index contributed by atoms with van der Waals surface area (Å²) in [6.07, 6.45) is 4.92. The predicted molar refractivity (Wildman–Crippen MR) is 58.2 cm³/mol. The van der Waals surface area contributed by atoms with Crippen molar-refractivity contribution in [3.8, 4) is 0 Å². The van der Waals surface area contributed by atoms with Gasteiger partial charge in [0, 0.05) is 0 Å². The van der Waals surface area contributed by atoms with Crippen molar-refractivity contribution < 1.29 is 9.84 Å². The third-order valence-electron chi connectivity index (χ3n) is 3.52. The summed E-state index contributed by atoms with van der Waals surface area (Å²) in [6.45, 7) is 7.40. The van der Waals surface area contributed by atoms with Crippen LogP contribution in [0.15, 0.2) is 0 Å². The normalized spacial score (nSPS) is 33.6. The van der Waals surface area contributed by atoms with Crippen LogP contribution < -0.4 is 0 Å². The van der Waals surface area contributed by atoms with Crippen LogP contribution in [0.3, 0.4) is 0 Å². The molecule has 1 saturated carbocycles. The Labute approximate surface area is 87.7 Å². The zero-order valence-corrected chi connectivity index (χ0v) is 9.75. The molecule has 0 aromatic carbocycles. The van der Waals surface area contributed by atoms with Gasteiger partial charge in [0.05, 0.1) is 18.8 Å². The van der Waals surface area contributed by atoms with Crippen molar-refractivity contribution in [1.29, 1.82) is 0 Å². The van der Waals surface area contributed by atoms with Crippen LogP contribution in [0.4, 0.5) is 0 Å². The first kappa shape index (κ1) is 12.0. The highest BCUT2D eigenvalue weighted by molar-refractivity contribution is 4.89. The summed E-state index contributed by atoms with van der Waals surface area (Å²) in [5.74, 6) is 1.32. The summed E-state index contributed by atoms with van der Waals surface area (Å²) in [4.78, 5) is 0. The van der Waals surface area contributed by atoms with Crippen LogP contribution in [-0.4, -0.2) is 23.9 Å². The average molecular weight is 200 g/mol. The zero-order chi connectivity index (χ0) is 10.6. The van der Waals surface area contributed by atoms with Crippen LogP contribution in [0.2, 0.25) is 0 Å². The summed E-state index contributed by atoms with van der Waals surface area (Å²) in [5.41, 5.74) is 0.0421. The van der Waals surface area contributed by atoms with Gasteiger partial charge in [-0.3, -0.25) is 0 Å². The fraction of sp³-hybridized carbons (Fsp3) is 1.00. The second-order valence-corrected chi connectivity index (χ2v) is 4.99. The topological polar surface area (TPSA) is 29.5 Å². The maximum absolute atomic E-state index is 8.83. The molecule has 0 bridgehead atoms. The molecule has 2 heteroatoms. The maximum atomic E-state index is 8.83. The fourth-order valence-electron chi connectivity index (χ4n) is 2.61. The molecule has 84 valence electrons. The Balaban J connectivity index is 2.60. The summed E-state index contributed by atoms with van der Waals surface area (Å²) in [6, 6.07) is 0. The zero-order valence-electron chi connectivity index (χ0n) is 9.75. The molecule has 1 aliphatic rings. The van der Waals surface area contributed by atoms with Crippen molar-refractivity contribution in [3.05, 3.63) is 0 Å². The number of hydrogen-bond donors (Lipinski definition) is 1. The SMILES string of the molecule is CC1CCCC(OCCO)(C(C)C)C1. The van der Waals surface area contributed by atoms with E-state index < -0.39 is 0 Å². The van der Waals surface area contributed by atoms with Gasteiger partial charge in [0.25, 0.3) is 0 Å². The Kier molecular flexibility index (Phi) is 4.39. The smallest absolute Gasteiger partial charge is 0.0709 e. The lowest BCUT2D eigenvalue weighted by Crippen LogP contribution is -2.43. The third kappa shape index (κ3) is 2.71. The highest BCUT2D eigenvalue weighted by Gasteiger charge is 2.38. The lowest BCUT2D eigenvalue weighted by atomic mass is 9.73. The Hall–Kier alpha value is -0.0800. The van der Waals surface area contributed by atoms with Crippen LogP contribution in [0.5, 0.6) is 0 Å². The standard InChI is InChI=1S/C12H24O2/c1-10(2)12(14-8-7-13)6-4-5-11(3)9-12/h10-11,13H,4-9H2,1-3H3. The molecule has 0 aromatic rings. The van der Waals surface area contributed by atoms with Crippen LogP contribution in [0.1, 0.15) is 46.5 Å². The largest absolute Gasteiger partial charge is 0.394 e. The molecule has 1 fully saturated rings. The van der Waals surface area contributed by atoms with Crippen molar-refractivity contribution in [2.75, 3.05) is 13.2 Å². The molecule has 0 saturated heterocycles. The molecule has 0 spiro atoms. The van der Waals surface area contributed by atoms with Gasteiger partial charge in [-0.15, -0.1) is 0 Å². The molecule has 1 aliphatic carbocycles. The van der Waals surface area contributed by atoms with E-state index in [1.807, 2.05) is 0 Å². The highest BCUT2D eigenvalue weighted by Crippen LogP contribution is 2.40. The van der Waals surface area contributed by atoms with Gasteiger partial charge in [-0.2, -0.15) is 0 Å². The molecule has 2 nitrogen and oxygen atoms in total. The Morgan fingerprint density at radius 1 is 1.50 bits per heavy atom. The maximum Gasteiger partial charge on any atom is 0.0709 e. The minimum absolute atomic E-state index is 0.0421. The summed E-state index contributed by atoms with van der Waals surface area (Å²) >= 11 is 0. The van der Waals surface area contributed by atoms with E-state index >= 15 is 0 Å². The van der Waals surface area contributed by atoms with E-state index in [1.165, 1.54) is 12.8 Å². The summed E-state index contributed by atoms with van der Waals surface area (Å²) < 4.78 is 5.90. The molecular formula is C12H24O2. The van der Waals surface area contributed by atoms with Gasteiger partial charge in [0.2, 0.25) is 0 Å². The first-order chi connectivity index (χ1) is 6.60. The predicted octanol–water partition coefficient (Wildman–Crippen LogP) is 2.60. The Morgan fingerprint density at radius 3 is 2.71 bits per heavy atom. The van der Waals surface area contributed by atoms with E-state index in [4.69, 9.17) is 9.84 Å². The number of rotatable bonds is 4. The molecule has 0 radical (unpaired) electrons. The third-order valence-corrected chi connectivity index (χ3v) is 3.52. The van der Waals surface area contributed by atoms with E-state index in [1.54, 1.807) is 0 Å². The molecule has 2 unspecified atom stereocenters. The minimum atomic E-state index is 0.0421. The quantitative estimate of drug-likeness (QED) is 0.756. The Bertz CT molecular complexity index is 168. The Morgan fingerprint density at radius 2 is 2.21 bits per heavy atom. The molecule has 0 aromatic heterocycles. The lowest BCUT2D eigenvalue weighted by molar-refractivity contribution is -0.118. The monoisotopic (exact) mass is 200 g/mol. The van der Waals surface area contributed by atoms with Crippen LogP contribution in [-0.2, 0) is 4.74 Å². The van der Waals surface area contributed by atoms with Crippen LogP contribution >= 0.6 is 0 Å². The molecule has 0 heterocycles. The van der Waals surface area contributed by atoms with Gasteiger partial charge < -0.3 is 9.84 Å². The molecule has 1 N–H and O–H groups in total. The second kappa shape index (κ2) is 5.13. The highest BCUT2D eigenvalue weighted by atomic mass is 16.5. The van der Waals surface area contributed by atoms with E-state index in [2.05, 4.69) is 20.8 Å². The molecule has 0 amide bonds. The lowest BCUT2D eigenvalue weighted by Gasteiger charge is -2.43. The number of ether oxygens (including phenoxy) is 1. The molecule has 1 rings (SSSR count). The van der Waals surface area contributed by atoms with Gasteiger partial charge >= 0.3 is 0 Å². The van der Waals surface area contributed by atoms with E-state index in [0.717, 1.165) is 18.8 Å². The molecular weight excluding hydrogens is 176 g/mol.